The van der Waals surface area contributed by atoms with Gasteiger partial charge in [-0.05, 0) is 0 Å². The molecule has 0 heterocycles. The molecule has 0 unspecified atom stereocenters. The zero-order valence-electron chi connectivity index (χ0n) is 15.1. The molecule has 0 aromatic heterocycles. The number of amidine groups is 1. The van der Waals surface area contributed by atoms with Crippen LogP contribution in [-0.2, 0) is 14.2 Å². The van der Waals surface area contributed by atoms with Gasteiger partial charge in [0, 0.05) is 6.42 Å². The highest BCUT2D eigenvalue weighted by atomic mass is 16.5. The topological polar surface area (TPSA) is 154 Å². The summed E-state index contributed by atoms with van der Waals surface area (Å²) >= 11 is 0. The predicted molar refractivity (Wildman–Crippen MR) is 91.8 cm³/mol. The van der Waals surface area contributed by atoms with Gasteiger partial charge in [0.05, 0.1) is 76.6 Å². The third-order valence-corrected chi connectivity index (χ3v) is 2.91. The van der Waals surface area contributed by atoms with E-state index in [9.17, 15) is 5.11 Å². The fourth-order valence-corrected chi connectivity index (χ4v) is 1.59. The maximum absolute atomic E-state index is 9.69. The van der Waals surface area contributed by atoms with E-state index in [-0.39, 0.29) is 71.3 Å². The minimum atomic E-state index is -0.796. The molecule has 0 saturated carbocycles. The van der Waals surface area contributed by atoms with Gasteiger partial charge in [-0.25, -0.2) is 0 Å². The minimum Gasteiger partial charge on any atom is -0.409 e. The second kappa shape index (κ2) is 18.4. The van der Waals surface area contributed by atoms with Crippen molar-refractivity contribution in [3.63, 3.8) is 0 Å². The molecule has 4 N–H and O–H groups in total. The van der Waals surface area contributed by atoms with Crippen LogP contribution in [0.4, 0.5) is 0 Å². The Morgan fingerprint density at radius 2 is 1.44 bits per heavy atom. The van der Waals surface area contributed by atoms with Crippen molar-refractivity contribution in [2.24, 2.45) is 16.3 Å². The van der Waals surface area contributed by atoms with Crippen LogP contribution in [0.3, 0.4) is 0 Å². The van der Waals surface area contributed by atoms with Crippen molar-refractivity contribution in [2.75, 3.05) is 46.2 Å². The Kier molecular flexibility index (Phi) is 18.7. The van der Waals surface area contributed by atoms with Gasteiger partial charge in [-0.3, -0.25) is 0 Å². The van der Waals surface area contributed by atoms with E-state index in [0.29, 0.717) is 0 Å². The average molecular weight is 358 g/mol. The Morgan fingerprint density at radius 3 is 1.80 bits per heavy atom. The summed E-state index contributed by atoms with van der Waals surface area (Å²) in [6.45, 7) is 4.93. The lowest BCUT2D eigenvalue weighted by molar-refractivity contribution is -0.0908. The largest absolute Gasteiger partial charge is 0.409 e. The van der Waals surface area contributed by atoms with E-state index in [1.807, 2.05) is 26.0 Å². The van der Waals surface area contributed by atoms with E-state index < -0.39 is 5.41 Å². The molecule has 9 heteroatoms. The molecule has 0 radical (unpaired) electrons. The van der Waals surface area contributed by atoms with Gasteiger partial charge < -0.3 is 30.3 Å². The SMILES string of the molecule is CC.N#CCCOCC(CO)(COCCC#N)COCC/C(N)=N\O. The first kappa shape index (κ1) is 25.3. The Hall–Kier alpha value is -1.91. The number of nitriles is 2. The van der Waals surface area contributed by atoms with Gasteiger partial charge in [-0.15, -0.1) is 0 Å². The first-order valence-electron chi connectivity index (χ1n) is 8.18. The number of hydrogen-bond donors (Lipinski definition) is 3. The third-order valence-electron chi connectivity index (χ3n) is 2.91. The summed E-state index contributed by atoms with van der Waals surface area (Å²) in [6.07, 6.45) is 0.755. The molecule has 0 aliphatic rings. The van der Waals surface area contributed by atoms with Crippen LogP contribution >= 0.6 is 0 Å². The third kappa shape index (κ3) is 14.2. The lowest BCUT2D eigenvalue weighted by atomic mass is 9.92. The number of aliphatic hydroxyl groups is 1. The summed E-state index contributed by atoms with van der Waals surface area (Å²) in [7, 11) is 0. The van der Waals surface area contributed by atoms with Crippen LogP contribution in [0.15, 0.2) is 5.16 Å². The molecule has 0 rings (SSSR count). The molecule has 0 spiro atoms. The molecular formula is C16H30N4O5. The van der Waals surface area contributed by atoms with Gasteiger partial charge in [0.25, 0.3) is 0 Å². The van der Waals surface area contributed by atoms with Crippen molar-refractivity contribution >= 4 is 5.84 Å². The van der Waals surface area contributed by atoms with Crippen LogP contribution in [0.1, 0.15) is 33.1 Å². The van der Waals surface area contributed by atoms with Gasteiger partial charge in [-0.1, -0.05) is 19.0 Å². The Balaban J connectivity index is 0. The zero-order chi connectivity index (χ0) is 19.4. The van der Waals surface area contributed by atoms with E-state index in [1.54, 1.807) is 0 Å². The summed E-state index contributed by atoms with van der Waals surface area (Å²) in [5.74, 6) is 0.0511. The van der Waals surface area contributed by atoms with Crippen LogP contribution in [0.2, 0.25) is 0 Å². The zero-order valence-corrected chi connectivity index (χ0v) is 15.1. The molecule has 25 heavy (non-hydrogen) atoms. The molecule has 144 valence electrons. The molecule has 0 aliphatic heterocycles. The van der Waals surface area contributed by atoms with Crippen LogP contribution < -0.4 is 5.73 Å². The van der Waals surface area contributed by atoms with Crippen LogP contribution in [0.25, 0.3) is 0 Å². The van der Waals surface area contributed by atoms with Gasteiger partial charge in [0.1, 0.15) is 5.84 Å². The second-order valence-electron chi connectivity index (χ2n) is 4.97. The molecule has 0 bridgehead atoms. The standard InChI is InChI=1S/C14H24N4O5.C2H6/c15-4-1-6-21-10-14(9-19,11-22-7-2-5-16)12-23-8-3-13(17)18-20;1-2/h19-20H,1-3,6-12H2,(H2,17,18);1-2H3. The summed E-state index contributed by atoms with van der Waals surface area (Å²) in [5, 5.41) is 38.0. The smallest absolute Gasteiger partial charge is 0.141 e. The van der Waals surface area contributed by atoms with Crippen molar-refractivity contribution in [1.29, 1.82) is 10.5 Å². The molecule has 0 aromatic carbocycles. The lowest BCUT2D eigenvalue weighted by Gasteiger charge is -2.31. The summed E-state index contributed by atoms with van der Waals surface area (Å²) in [5.41, 5.74) is 4.55. The van der Waals surface area contributed by atoms with Gasteiger partial charge >= 0.3 is 0 Å². The highest BCUT2D eigenvalue weighted by Gasteiger charge is 2.31. The number of rotatable bonds is 14. The number of oxime groups is 1. The number of nitrogens with zero attached hydrogens (tertiary/aromatic N) is 3. The Labute approximate surface area is 149 Å². The summed E-state index contributed by atoms with van der Waals surface area (Å²) in [6, 6.07) is 3.93. The quantitative estimate of drug-likeness (QED) is 0.137. The average Bonchev–Trinajstić information content (AvgIpc) is 2.66. The van der Waals surface area contributed by atoms with E-state index in [1.165, 1.54) is 0 Å². The maximum atomic E-state index is 9.69. The lowest BCUT2D eigenvalue weighted by Crippen LogP contribution is -2.41. The number of nitrogens with two attached hydrogens (primary N) is 1. The summed E-state index contributed by atoms with van der Waals surface area (Å²) in [4.78, 5) is 0. The predicted octanol–water partition coefficient (Wildman–Crippen LogP) is 1.00. The summed E-state index contributed by atoms with van der Waals surface area (Å²) < 4.78 is 16.2. The fraction of sp³-hybridized carbons (Fsp3) is 0.812. The Bertz CT molecular complexity index is 396. The van der Waals surface area contributed by atoms with E-state index in [2.05, 4.69) is 5.16 Å². The van der Waals surface area contributed by atoms with Crippen LogP contribution in [0.5, 0.6) is 0 Å². The van der Waals surface area contributed by atoms with Crippen molar-refractivity contribution in [1.82, 2.24) is 0 Å². The molecule has 0 atom stereocenters. The van der Waals surface area contributed by atoms with Crippen molar-refractivity contribution in [3.8, 4) is 12.1 Å². The molecule has 0 aromatic rings. The van der Waals surface area contributed by atoms with E-state index >= 15 is 0 Å². The van der Waals surface area contributed by atoms with Crippen molar-refractivity contribution in [3.05, 3.63) is 0 Å². The molecule has 0 saturated heterocycles. The fourth-order valence-electron chi connectivity index (χ4n) is 1.59. The van der Waals surface area contributed by atoms with Crippen LogP contribution in [0, 0.1) is 28.1 Å². The first-order valence-corrected chi connectivity index (χ1v) is 8.18. The Morgan fingerprint density at radius 1 is 1.00 bits per heavy atom. The van der Waals surface area contributed by atoms with Gasteiger partial charge in [-0.2, -0.15) is 10.5 Å². The molecule has 9 nitrogen and oxygen atoms in total. The highest BCUT2D eigenvalue weighted by Crippen LogP contribution is 2.19. The molecular weight excluding hydrogens is 328 g/mol. The first-order chi connectivity index (χ1) is 12.1. The molecule has 0 amide bonds. The van der Waals surface area contributed by atoms with Crippen molar-refractivity contribution in [2.45, 2.75) is 33.1 Å². The van der Waals surface area contributed by atoms with E-state index in [4.69, 9.17) is 35.7 Å². The molecule has 0 fully saturated rings. The number of ether oxygens (including phenoxy) is 3. The normalized spacial score (nSPS) is 11.2. The second-order valence-corrected chi connectivity index (χ2v) is 4.97. The number of hydrogen-bond acceptors (Lipinski definition) is 8. The van der Waals surface area contributed by atoms with Crippen molar-refractivity contribution < 1.29 is 24.5 Å². The number of aliphatic hydroxyl groups excluding tert-OH is 1. The monoisotopic (exact) mass is 358 g/mol. The van der Waals surface area contributed by atoms with Crippen LogP contribution in [-0.4, -0.2) is 62.4 Å². The maximum Gasteiger partial charge on any atom is 0.141 e. The molecule has 0 aliphatic carbocycles. The van der Waals surface area contributed by atoms with E-state index in [0.717, 1.165) is 0 Å². The van der Waals surface area contributed by atoms with Gasteiger partial charge in [0.2, 0.25) is 0 Å². The minimum absolute atomic E-state index is 0.0511. The van der Waals surface area contributed by atoms with Gasteiger partial charge in [0.15, 0.2) is 0 Å². The highest BCUT2D eigenvalue weighted by molar-refractivity contribution is 5.79.